The van der Waals surface area contributed by atoms with Gasteiger partial charge in [0.05, 0.1) is 0 Å². The van der Waals surface area contributed by atoms with E-state index < -0.39 is 12.2 Å². The zero-order chi connectivity index (χ0) is 10.1. The Balaban J connectivity index is 3.02. The lowest BCUT2D eigenvalue weighted by Gasteiger charge is -2.16. The van der Waals surface area contributed by atoms with Crippen molar-refractivity contribution in [2.24, 2.45) is 5.73 Å². The highest BCUT2D eigenvalue weighted by atomic mass is 79.9. The average Bonchev–Trinajstić information content (AvgIpc) is 2.02. The van der Waals surface area contributed by atoms with E-state index >= 15 is 0 Å². The molecule has 1 unspecified atom stereocenters. The fourth-order valence-corrected chi connectivity index (χ4v) is 1.44. The van der Waals surface area contributed by atoms with E-state index in [9.17, 15) is 13.2 Å². The second-order valence-corrected chi connectivity index (χ2v) is 3.40. The summed E-state index contributed by atoms with van der Waals surface area (Å²) in [6.45, 7) is 0. The van der Waals surface area contributed by atoms with Gasteiger partial charge in [0.15, 0.2) is 0 Å². The normalized spacial score (nSPS) is 14.2. The van der Waals surface area contributed by atoms with Gasteiger partial charge in [-0.2, -0.15) is 13.2 Å². The van der Waals surface area contributed by atoms with Crippen LogP contribution >= 0.6 is 15.9 Å². The van der Waals surface area contributed by atoms with Gasteiger partial charge in [0.2, 0.25) is 0 Å². The molecular formula is C8H7BrF3N. The monoisotopic (exact) mass is 253 g/mol. The molecule has 0 saturated carbocycles. The lowest BCUT2D eigenvalue weighted by Crippen LogP contribution is -2.28. The number of benzene rings is 1. The Bertz CT molecular complexity index is 298. The van der Waals surface area contributed by atoms with Gasteiger partial charge in [-0.3, -0.25) is 0 Å². The largest absolute Gasteiger partial charge is 0.407 e. The van der Waals surface area contributed by atoms with Crippen LogP contribution in [0.25, 0.3) is 0 Å². The molecule has 0 spiro atoms. The van der Waals surface area contributed by atoms with Crippen molar-refractivity contribution in [3.05, 3.63) is 34.3 Å². The summed E-state index contributed by atoms with van der Waals surface area (Å²) in [5.41, 5.74) is 5.07. The molecule has 13 heavy (non-hydrogen) atoms. The van der Waals surface area contributed by atoms with Crippen LogP contribution in [0, 0.1) is 0 Å². The van der Waals surface area contributed by atoms with Gasteiger partial charge in [-0.25, -0.2) is 0 Å². The second-order valence-electron chi connectivity index (χ2n) is 2.54. The van der Waals surface area contributed by atoms with Crippen LogP contribution < -0.4 is 5.73 Å². The van der Waals surface area contributed by atoms with Crippen LogP contribution in [-0.4, -0.2) is 6.18 Å². The molecule has 1 aromatic carbocycles. The minimum absolute atomic E-state index is 0.0509. The lowest BCUT2D eigenvalue weighted by molar-refractivity contribution is -0.149. The van der Waals surface area contributed by atoms with Crippen molar-refractivity contribution >= 4 is 15.9 Å². The number of halogens is 4. The van der Waals surface area contributed by atoms with Crippen LogP contribution in [-0.2, 0) is 0 Å². The molecule has 72 valence electrons. The van der Waals surface area contributed by atoms with Gasteiger partial charge in [0.1, 0.15) is 6.04 Å². The molecule has 0 bridgehead atoms. The second kappa shape index (κ2) is 3.67. The van der Waals surface area contributed by atoms with E-state index in [0.717, 1.165) is 0 Å². The quantitative estimate of drug-likeness (QED) is 0.819. The molecule has 0 fully saturated rings. The average molecular weight is 254 g/mol. The predicted octanol–water partition coefficient (Wildman–Crippen LogP) is 3.01. The van der Waals surface area contributed by atoms with Crippen molar-refractivity contribution in [1.29, 1.82) is 0 Å². The fraction of sp³-hybridized carbons (Fsp3) is 0.250. The van der Waals surface area contributed by atoms with Gasteiger partial charge in [-0.1, -0.05) is 34.1 Å². The van der Waals surface area contributed by atoms with Crippen LogP contribution in [0.5, 0.6) is 0 Å². The van der Waals surface area contributed by atoms with E-state index in [1.165, 1.54) is 18.2 Å². The Kier molecular flexibility index (Phi) is 2.98. The highest BCUT2D eigenvalue weighted by Crippen LogP contribution is 2.33. The first kappa shape index (κ1) is 10.5. The van der Waals surface area contributed by atoms with Crippen molar-refractivity contribution < 1.29 is 13.2 Å². The highest BCUT2D eigenvalue weighted by molar-refractivity contribution is 9.10. The third-order valence-electron chi connectivity index (χ3n) is 1.59. The summed E-state index contributed by atoms with van der Waals surface area (Å²) in [5, 5.41) is 0. The van der Waals surface area contributed by atoms with E-state index in [1.807, 2.05) is 0 Å². The molecule has 2 N–H and O–H groups in total. The first-order valence-corrected chi connectivity index (χ1v) is 4.29. The van der Waals surface area contributed by atoms with E-state index in [-0.39, 0.29) is 5.56 Å². The minimum atomic E-state index is -4.40. The van der Waals surface area contributed by atoms with Gasteiger partial charge >= 0.3 is 6.18 Å². The molecule has 1 rings (SSSR count). The zero-order valence-corrected chi connectivity index (χ0v) is 8.06. The minimum Gasteiger partial charge on any atom is -0.316 e. The van der Waals surface area contributed by atoms with E-state index in [4.69, 9.17) is 5.73 Å². The maximum atomic E-state index is 12.2. The van der Waals surface area contributed by atoms with Gasteiger partial charge in [0, 0.05) is 4.47 Å². The SMILES string of the molecule is NC(c1ccccc1Br)C(F)(F)F. The van der Waals surface area contributed by atoms with Crippen molar-refractivity contribution in [2.45, 2.75) is 12.2 Å². The van der Waals surface area contributed by atoms with Crippen LogP contribution in [0.1, 0.15) is 11.6 Å². The molecule has 5 heteroatoms. The molecule has 1 aromatic rings. The molecule has 0 heterocycles. The summed E-state index contributed by atoms with van der Waals surface area (Å²) in [4.78, 5) is 0. The molecule has 0 amide bonds. The summed E-state index contributed by atoms with van der Waals surface area (Å²) in [6, 6.07) is 4.11. The maximum Gasteiger partial charge on any atom is 0.407 e. The van der Waals surface area contributed by atoms with Crippen molar-refractivity contribution in [1.82, 2.24) is 0 Å². The lowest BCUT2D eigenvalue weighted by atomic mass is 10.1. The zero-order valence-electron chi connectivity index (χ0n) is 6.48. The smallest absolute Gasteiger partial charge is 0.316 e. The Morgan fingerprint density at radius 3 is 2.23 bits per heavy atom. The van der Waals surface area contributed by atoms with Crippen LogP contribution in [0.4, 0.5) is 13.2 Å². The van der Waals surface area contributed by atoms with Gasteiger partial charge in [-0.15, -0.1) is 0 Å². The standard InChI is InChI=1S/C8H7BrF3N/c9-6-4-2-1-3-5(6)7(13)8(10,11)12/h1-4,7H,13H2. The number of nitrogens with two attached hydrogens (primary N) is 1. The van der Waals surface area contributed by atoms with E-state index in [0.29, 0.717) is 4.47 Å². The summed E-state index contributed by atoms with van der Waals surface area (Å²) < 4.78 is 36.9. The predicted molar refractivity (Wildman–Crippen MR) is 47.1 cm³/mol. The Morgan fingerprint density at radius 2 is 1.77 bits per heavy atom. The third-order valence-corrected chi connectivity index (χ3v) is 2.32. The fourth-order valence-electron chi connectivity index (χ4n) is 0.904. The molecule has 0 aromatic heterocycles. The molecule has 1 atom stereocenters. The number of alkyl halides is 3. The number of hydrogen-bond acceptors (Lipinski definition) is 1. The third kappa shape index (κ3) is 2.45. The van der Waals surface area contributed by atoms with Crippen molar-refractivity contribution in [2.75, 3.05) is 0 Å². The van der Waals surface area contributed by atoms with Crippen molar-refractivity contribution in [3.63, 3.8) is 0 Å². The van der Waals surface area contributed by atoms with Crippen molar-refractivity contribution in [3.8, 4) is 0 Å². The summed E-state index contributed by atoms with van der Waals surface area (Å²) in [5.74, 6) is 0. The molecular weight excluding hydrogens is 247 g/mol. The van der Waals surface area contributed by atoms with E-state index in [1.54, 1.807) is 6.07 Å². The molecule has 0 saturated heterocycles. The summed E-state index contributed by atoms with van der Waals surface area (Å²) >= 11 is 3.01. The topological polar surface area (TPSA) is 26.0 Å². The van der Waals surface area contributed by atoms with Gasteiger partial charge in [0.25, 0.3) is 0 Å². The first-order valence-electron chi connectivity index (χ1n) is 3.49. The van der Waals surface area contributed by atoms with Crippen LogP contribution in [0.3, 0.4) is 0 Å². The highest BCUT2D eigenvalue weighted by Gasteiger charge is 2.38. The molecule has 0 aliphatic heterocycles. The Morgan fingerprint density at radius 1 is 1.23 bits per heavy atom. The number of hydrogen-bond donors (Lipinski definition) is 1. The van der Waals surface area contributed by atoms with Gasteiger partial charge < -0.3 is 5.73 Å². The molecule has 0 aliphatic rings. The van der Waals surface area contributed by atoms with Crippen LogP contribution in [0.15, 0.2) is 28.7 Å². The molecule has 0 radical (unpaired) electrons. The van der Waals surface area contributed by atoms with Gasteiger partial charge in [-0.05, 0) is 11.6 Å². The summed E-state index contributed by atoms with van der Waals surface area (Å²) in [6.07, 6.45) is -4.40. The Hall–Kier alpha value is -0.550. The summed E-state index contributed by atoms with van der Waals surface area (Å²) in [7, 11) is 0. The number of rotatable bonds is 1. The maximum absolute atomic E-state index is 12.2. The molecule has 0 aliphatic carbocycles. The van der Waals surface area contributed by atoms with E-state index in [2.05, 4.69) is 15.9 Å². The van der Waals surface area contributed by atoms with Crippen LogP contribution in [0.2, 0.25) is 0 Å². The first-order chi connectivity index (χ1) is 5.93. The molecule has 1 nitrogen and oxygen atoms in total. The Labute approximate surface area is 81.9 Å².